The maximum Gasteiger partial charge on any atom is 0.226 e. The third-order valence-corrected chi connectivity index (χ3v) is 4.15. The fourth-order valence-corrected chi connectivity index (χ4v) is 2.54. The molecule has 1 aromatic heterocycles. The number of ether oxygens (including phenoxy) is 1. The number of aryl methyl sites for hydroxylation is 1. The summed E-state index contributed by atoms with van der Waals surface area (Å²) in [6.07, 6.45) is 3.72. The van der Waals surface area contributed by atoms with Crippen molar-refractivity contribution in [1.82, 2.24) is 9.97 Å². The van der Waals surface area contributed by atoms with Crippen LogP contribution in [-0.2, 0) is 0 Å². The predicted molar refractivity (Wildman–Crippen MR) is 79.0 cm³/mol. The number of methoxy groups -OCH3 is 1. The van der Waals surface area contributed by atoms with E-state index < -0.39 is 5.60 Å². The van der Waals surface area contributed by atoms with Gasteiger partial charge >= 0.3 is 0 Å². The molecule has 1 aliphatic carbocycles. The SMILES string of the molecule is COc1cc(C)nc(NCC2(O)CCC(C)(C)CC2)n1. The van der Waals surface area contributed by atoms with Crippen LogP contribution in [0.1, 0.15) is 45.2 Å². The van der Waals surface area contributed by atoms with E-state index in [2.05, 4.69) is 29.1 Å². The second-order valence-electron chi connectivity index (χ2n) is 6.62. The van der Waals surface area contributed by atoms with E-state index in [4.69, 9.17) is 4.74 Å². The maximum absolute atomic E-state index is 10.6. The van der Waals surface area contributed by atoms with Crippen molar-refractivity contribution >= 4 is 5.95 Å². The van der Waals surface area contributed by atoms with E-state index in [0.717, 1.165) is 31.4 Å². The summed E-state index contributed by atoms with van der Waals surface area (Å²) in [4.78, 5) is 8.55. The first-order valence-electron chi connectivity index (χ1n) is 7.18. The first kappa shape index (κ1) is 15.0. The van der Waals surface area contributed by atoms with Crippen LogP contribution in [0.3, 0.4) is 0 Å². The van der Waals surface area contributed by atoms with Gasteiger partial charge in [0.2, 0.25) is 11.8 Å². The highest BCUT2D eigenvalue weighted by Crippen LogP contribution is 2.40. The lowest BCUT2D eigenvalue weighted by Gasteiger charge is -2.40. The largest absolute Gasteiger partial charge is 0.481 e. The number of nitrogens with zero attached hydrogens (tertiary/aromatic N) is 2. The lowest BCUT2D eigenvalue weighted by atomic mass is 9.71. The van der Waals surface area contributed by atoms with Gasteiger partial charge in [-0.1, -0.05) is 13.8 Å². The van der Waals surface area contributed by atoms with E-state index in [1.165, 1.54) is 0 Å². The van der Waals surface area contributed by atoms with E-state index >= 15 is 0 Å². The molecule has 0 bridgehead atoms. The highest BCUT2D eigenvalue weighted by Gasteiger charge is 2.36. The quantitative estimate of drug-likeness (QED) is 0.886. The molecule has 1 aromatic rings. The molecule has 0 atom stereocenters. The standard InChI is InChI=1S/C15H25N3O2/c1-11-9-12(20-4)18-13(17-11)16-10-15(19)7-5-14(2,3)6-8-15/h9,19H,5-8,10H2,1-4H3,(H,16,17,18). The van der Waals surface area contributed by atoms with E-state index in [1.807, 2.05) is 6.92 Å². The van der Waals surface area contributed by atoms with Crippen molar-refractivity contribution in [1.29, 1.82) is 0 Å². The monoisotopic (exact) mass is 279 g/mol. The number of hydrogen-bond donors (Lipinski definition) is 2. The van der Waals surface area contributed by atoms with Crippen molar-refractivity contribution in [3.05, 3.63) is 11.8 Å². The molecule has 0 aromatic carbocycles. The van der Waals surface area contributed by atoms with Crippen LogP contribution in [0.2, 0.25) is 0 Å². The highest BCUT2D eigenvalue weighted by atomic mass is 16.5. The van der Waals surface area contributed by atoms with Gasteiger partial charge in [0.25, 0.3) is 0 Å². The van der Waals surface area contributed by atoms with Gasteiger partial charge in [0, 0.05) is 18.3 Å². The van der Waals surface area contributed by atoms with Gasteiger partial charge in [-0.3, -0.25) is 0 Å². The van der Waals surface area contributed by atoms with Crippen LogP contribution in [0.15, 0.2) is 6.07 Å². The van der Waals surface area contributed by atoms with Gasteiger partial charge in [0.1, 0.15) is 0 Å². The zero-order chi connectivity index (χ0) is 14.8. The van der Waals surface area contributed by atoms with E-state index in [0.29, 0.717) is 23.8 Å². The van der Waals surface area contributed by atoms with Crippen molar-refractivity contribution in [2.45, 2.75) is 52.1 Å². The van der Waals surface area contributed by atoms with Gasteiger partial charge < -0.3 is 15.2 Å². The topological polar surface area (TPSA) is 67.3 Å². The Bertz CT molecular complexity index is 464. The Kier molecular flexibility index (Phi) is 4.18. The van der Waals surface area contributed by atoms with Crippen molar-refractivity contribution in [2.24, 2.45) is 5.41 Å². The summed E-state index contributed by atoms with van der Waals surface area (Å²) in [5.41, 5.74) is 0.529. The van der Waals surface area contributed by atoms with Gasteiger partial charge in [-0.15, -0.1) is 0 Å². The number of hydrogen-bond acceptors (Lipinski definition) is 5. The zero-order valence-corrected chi connectivity index (χ0v) is 12.9. The molecule has 5 heteroatoms. The Hall–Kier alpha value is -1.36. The summed E-state index contributed by atoms with van der Waals surface area (Å²) in [5.74, 6) is 1.05. The molecule has 0 amide bonds. The molecule has 0 saturated heterocycles. The minimum Gasteiger partial charge on any atom is -0.481 e. The smallest absolute Gasteiger partial charge is 0.226 e. The lowest BCUT2D eigenvalue weighted by Crippen LogP contribution is -2.42. The van der Waals surface area contributed by atoms with Gasteiger partial charge in [-0.2, -0.15) is 4.98 Å². The van der Waals surface area contributed by atoms with Crippen LogP contribution in [-0.4, -0.2) is 34.3 Å². The van der Waals surface area contributed by atoms with E-state index in [-0.39, 0.29) is 0 Å². The first-order valence-corrected chi connectivity index (χ1v) is 7.18. The normalized spacial score (nSPS) is 20.4. The molecule has 0 aliphatic heterocycles. The molecule has 0 unspecified atom stereocenters. The minimum atomic E-state index is -0.657. The molecular formula is C15H25N3O2. The number of aliphatic hydroxyl groups is 1. The van der Waals surface area contributed by atoms with Crippen molar-refractivity contribution in [2.75, 3.05) is 19.0 Å². The van der Waals surface area contributed by atoms with Gasteiger partial charge in [-0.05, 0) is 38.0 Å². The fraction of sp³-hybridized carbons (Fsp3) is 0.733. The average Bonchev–Trinajstić information content (AvgIpc) is 2.40. The predicted octanol–water partition coefficient (Wildman–Crippen LogP) is 2.54. The summed E-state index contributed by atoms with van der Waals surface area (Å²) in [6, 6.07) is 1.78. The Morgan fingerprint density at radius 1 is 1.25 bits per heavy atom. The number of anilines is 1. The fourth-order valence-electron chi connectivity index (χ4n) is 2.54. The Morgan fingerprint density at radius 2 is 1.90 bits per heavy atom. The molecule has 1 heterocycles. The molecule has 0 radical (unpaired) electrons. The molecule has 2 N–H and O–H groups in total. The van der Waals surface area contributed by atoms with Gasteiger partial charge in [0.05, 0.1) is 12.7 Å². The van der Waals surface area contributed by atoms with Crippen LogP contribution < -0.4 is 10.1 Å². The Morgan fingerprint density at radius 3 is 2.50 bits per heavy atom. The average molecular weight is 279 g/mol. The Labute approximate surface area is 120 Å². The van der Waals surface area contributed by atoms with Crippen LogP contribution in [0.4, 0.5) is 5.95 Å². The van der Waals surface area contributed by atoms with E-state index in [1.54, 1.807) is 13.2 Å². The maximum atomic E-state index is 10.6. The number of nitrogens with one attached hydrogen (secondary N) is 1. The molecule has 0 spiro atoms. The van der Waals surface area contributed by atoms with Crippen LogP contribution in [0.25, 0.3) is 0 Å². The van der Waals surface area contributed by atoms with Crippen molar-refractivity contribution in [3.63, 3.8) is 0 Å². The van der Waals surface area contributed by atoms with Crippen LogP contribution in [0, 0.1) is 12.3 Å². The molecular weight excluding hydrogens is 254 g/mol. The summed E-state index contributed by atoms with van der Waals surface area (Å²) < 4.78 is 5.13. The van der Waals surface area contributed by atoms with E-state index in [9.17, 15) is 5.11 Å². The van der Waals surface area contributed by atoms with Crippen LogP contribution in [0.5, 0.6) is 5.88 Å². The molecule has 20 heavy (non-hydrogen) atoms. The molecule has 112 valence electrons. The third kappa shape index (κ3) is 3.82. The number of rotatable bonds is 4. The minimum absolute atomic E-state index is 0.343. The van der Waals surface area contributed by atoms with Gasteiger partial charge in [-0.25, -0.2) is 4.98 Å². The van der Waals surface area contributed by atoms with Crippen LogP contribution >= 0.6 is 0 Å². The third-order valence-electron chi connectivity index (χ3n) is 4.15. The lowest BCUT2D eigenvalue weighted by molar-refractivity contribution is -0.0146. The summed E-state index contributed by atoms with van der Waals surface area (Å²) in [6.45, 7) is 6.89. The number of aromatic nitrogens is 2. The second kappa shape index (κ2) is 5.56. The molecule has 5 nitrogen and oxygen atoms in total. The Balaban J connectivity index is 1.97. The van der Waals surface area contributed by atoms with Crippen molar-refractivity contribution < 1.29 is 9.84 Å². The molecule has 1 saturated carbocycles. The molecule has 1 fully saturated rings. The summed E-state index contributed by atoms with van der Waals surface area (Å²) in [5, 5.41) is 13.8. The summed E-state index contributed by atoms with van der Waals surface area (Å²) in [7, 11) is 1.59. The van der Waals surface area contributed by atoms with Crippen molar-refractivity contribution in [3.8, 4) is 5.88 Å². The first-order chi connectivity index (χ1) is 9.32. The second-order valence-corrected chi connectivity index (χ2v) is 6.62. The zero-order valence-electron chi connectivity index (χ0n) is 12.9. The van der Waals surface area contributed by atoms with Gasteiger partial charge in [0.15, 0.2) is 0 Å². The molecule has 1 aliphatic rings. The highest BCUT2D eigenvalue weighted by molar-refractivity contribution is 5.31. The molecule has 2 rings (SSSR count). The summed E-state index contributed by atoms with van der Waals surface area (Å²) >= 11 is 0.